The Morgan fingerprint density at radius 1 is 1.03 bits per heavy atom. The third kappa shape index (κ3) is 4.03. The van der Waals surface area contributed by atoms with Gasteiger partial charge in [-0.15, -0.1) is 0 Å². The van der Waals surface area contributed by atoms with Crippen LogP contribution in [0.15, 0.2) is 46.9 Å². The Balaban J connectivity index is 1.64. The lowest BCUT2D eigenvalue weighted by Crippen LogP contribution is -2.29. The molecule has 1 aliphatic rings. The molecule has 0 saturated heterocycles. The van der Waals surface area contributed by atoms with Crippen LogP contribution in [0.1, 0.15) is 64.5 Å². The van der Waals surface area contributed by atoms with Gasteiger partial charge in [-0.25, -0.2) is 14.1 Å². The second-order valence-corrected chi connectivity index (χ2v) is 7.46. The number of hydrogen-bond donors (Lipinski definition) is 2. The SMILES string of the molecule is CCOC(=O)c1c(C)oc(NC(=O)c2ccc3c(c2)C(=O)N(c2ccc(F)cc2)C3=O)c1C(N)=O. The first-order chi connectivity index (χ1) is 16.6. The van der Waals surface area contributed by atoms with Gasteiger partial charge in [0.05, 0.1) is 23.4 Å². The number of rotatable bonds is 6. The molecule has 11 heteroatoms. The average molecular weight is 479 g/mol. The standard InChI is InChI=1S/C24H18FN3O7/c1-3-34-24(33)17-11(2)35-21(18(17)19(26)29)27-20(30)12-4-9-15-16(10-12)23(32)28(22(15)31)14-7-5-13(25)6-8-14/h4-10H,3H2,1-2H3,(H2,26,29)(H,27,30). The molecule has 35 heavy (non-hydrogen) atoms. The second kappa shape index (κ2) is 8.86. The van der Waals surface area contributed by atoms with E-state index in [0.717, 1.165) is 17.0 Å². The largest absolute Gasteiger partial charge is 0.462 e. The summed E-state index contributed by atoms with van der Waals surface area (Å²) in [5.41, 5.74) is 4.99. The zero-order valence-electron chi connectivity index (χ0n) is 18.5. The number of furan rings is 1. The van der Waals surface area contributed by atoms with Crippen molar-refractivity contribution in [2.24, 2.45) is 5.73 Å². The van der Waals surface area contributed by atoms with E-state index in [1.807, 2.05) is 0 Å². The molecule has 0 aliphatic carbocycles. The van der Waals surface area contributed by atoms with E-state index >= 15 is 0 Å². The number of nitrogens with zero attached hydrogens (tertiary/aromatic N) is 1. The van der Waals surface area contributed by atoms with Gasteiger partial charge in [0.1, 0.15) is 22.7 Å². The molecule has 0 unspecified atom stereocenters. The molecule has 4 rings (SSSR count). The number of nitrogens with two attached hydrogens (primary N) is 1. The maximum atomic E-state index is 13.2. The third-order valence-electron chi connectivity index (χ3n) is 5.27. The highest BCUT2D eigenvalue weighted by molar-refractivity contribution is 6.34. The summed E-state index contributed by atoms with van der Waals surface area (Å²) in [6.45, 7) is 3.02. The molecule has 4 amide bonds. The summed E-state index contributed by atoms with van der Waals surface area (Å²) in [7, 11) is 0. The van der Waals surface area contributed by atoms with Crippen LogP contribution < -0.4 is 16.0 Å². The van der Waals surface area contributed by atoms with E-state index in [1.54, 1.807) is 6.92 Å². The Bertz CT molecular complexity index is 1410. The third-order valence-corrected chi connectivity index (χ3v) is 5.27. The number of hydrogen-bond acceptors (Lipinski definition) is 7. The molecule has 0 spiro atoms. The monoisotopic (exact) mass is 479 g/mol. The lowest BCUT2D eigenvalue weighted by molar-refractivity contribution is 0.0521. The first kappa shape index (κ1) is 23.4. The van der Waals surface area contributed by atoms with Crippen molar-refractivity contribution in [1.82, 2.24) is 0 Å². The van der Waals surface area contributed by atoms with E-state index in [-0.39, 0.29) is 51.8 Å². The minimum absolute atomic E-state index is 0.0113. The molecular formula is C24H18FN3O7. The summed E-state index contributed by atoms with van der Waals surface area (Å²) >= 11 is 0. The van der Waals surface area contributed by atoms with Crippen LogP contribution in [-0.2, 0) is 4.74 Å². The van der Waals surface area contributed by atoms with Crippen LogP contribution in [0.5, 0.6) is 0 Å². The highest BCUT2D eigenvalue weighted by atomic mass is 19.1. The number of halogens is 1. The summed E-state index contributed by atoms with van der Waals surface area (Å²) in [5.74, 6) is -4.85. The van der Waals surface area contributed by atoms with Gasteiger partial charge in [0.15, 0.2) is 0 Å². The molecule has 10 nitrogen and oxygen atoms in total. The lowest BCUT2D eigenvalue weighted by Gasteiger charge is -2.13. The number of aryl methyl sites for hydroxylation is 1. The first-order valence-corrected chi connectivity index (χ1v) is 10.3. The summed E-state index contributed by atoms with van der Waals surface area (Å²) in [5, 5.41) is 2.37. The van der Waals surface area contributed by atoms with Crippen LogP contribution in [0, 0.1) is 12.7 Å². The van der Waals surface area contributed by atoms with Gasteiger partial charge in [0, 0.05) is 5.56 Å². The van der Waals surface area contributed by atoms with Crippen molar-refractivity contribution in [3.8, 4) is 0 Å². The zero-order chi connectivity index (χ0) is 25.4. The van der Waals surface area contributed by atoms with Crippen molar-refractivity contribution in [2.45, 2.75) is 13.8 Å². The fourth-order valence-electron chi connectivity index (χ4n) is 3.70. The molecule has 1 aromatic heterocycles. The minimum Gasteiger partial charge on any atom is -0.462 e. The number of primary amides is 1. The number of benzene rings is 2. The van der Waals surface area contributed by atoms with Crippen LogP contribution >= 0.6 is 0 Å². The Hall–Kier alpha value is -4.80. The van der Waals surface area contributed by atoms with Gasteiger partial charge in [-0.3, -0.25) is 24.5 Å². The van der Waals surface area contributed by atoms with Gasteiger partial charge in [0.2, 0.25) is 5.88 Å². The van der Waals surface area contributed by atoms with E-state index in [2.05, 4.69) is 5.32 Å². The van der Waals surface area contributed by atoms with E-state index in [1.165, 1.54) is 37.3 Å². The number of imide groups is 1. The second-order valence-electron chi connectivity index (χ2n) is 7.46. The Labute approximate surface area is 197 Å². The molecule has 0 saturated carbocycles. The summed E-state index contributed by atoms with van der Waals surface area (Å²) in [6.07, 6.45) is 0. The molecule has 0 radical (unpaired) electrons. The number of amides is 4. The molecule has 3 aromatic rings. The van der Waals surface area contributed by atoms with Gasteiger partial charge in [-0.1, -0.05) is 0 Å². The van der Waals surface area contributed by atoms with Crippen LogP contribution in [0.4, 0.5) is 16.0 Å². The Kier molecular flexibility index (Phi) is 5.91. The smallest absolute Gasteiger partial charge is 0.342 e. The number of anilines is 2. The van der Waals surface area contributed by atoms with E-state index in [0.29, 0.717) is 0 Å². The lowest BCUT2D eigenvalue weighted by atomic mass is 10.1. The van der Waals surface area contributed by atoms with Crippen LogP contribution in [0.25, 0.3) is 0 Å². The summed E-state index contributed by atoms with van der Waals surface area (Å²) < 4.78 is 23.5. The van der Waals surface area contributed by atoms with Crippen molar-refractivity contribution in [3.05, 3.63) is 81.9 Å². The molecule has 0 bridgehead atoms. The van der Waals surface area contributed by atoms with Crippen LogP contribution in [-0.4, -0.2) is 36.2 Å². The minimum atomic E-state index is -1.02. The molecular weight excluding hydrogens is 461 g/mol. The fourth-order valence-corrected chi connectivity index (χ4v) is 3.70. The van der Waals surface area contributed by atoms with E-state index in [4.69, 9.17) is 14.9 Å². The number of nitrogens with one attached hydrogen (secondary N) is 1. The maximum Gasteiger partial charge on any atom is 0.342 e. The number of ether oxygens (including phenoxy) is 1. The first-order valence-electron chi connectivity index (χ1n) is 10.3. The molecule has 0 atom stereocenters. The number of esters is 1. The molecule has 1 aliphatic heterocycles. The van der Waals surface area contributed by atoms with Crippen LogP contribution in [0.3, 0.4) is 0 Å². The van der Waals surface area contributed by atoms with E-state index < -0.39 is 35.4 Å². The quantitative estimate of drug-likeness (QED) is 0.408. The van der Waals surface area contributed by atoms with Gasteiger partial charge in [-0.05, 0) is 56.3 Å². The molecule has 0 fully saturated rings. The topological polar surface area (TPSA) is 149 Å². The molecule has 3 N–H and O–H groups in total. The average Bonchev–Trinajstić information content (AvgIpc) is 3.27. The van der Waals surface area contributed by atoms with Crippen molar-refractivity contribution in [3.63, 3.8) is 0 Å². The number of fused-ring (bicyclic) bond motifs is 1. The van der Waals surface area contributed by atoms with Gasteiger partial charge in [0.25, 0.3) is 23.6 Å². The van der Waals surface area contributed by atoms with Crippen molar-refractivity contribution < 1.29 is 37.5 Å². The van der Waals surface area contributed by atoms with Gasteiger partial charge < -0.3 is 14.9 Å². The summed E-state index contributed by atoms with van der Waals surface area (Å²) in [6, 6.07) is 8.63. The highest BCUT2D eigenvalue weighted by Gasteiger charge is 2.37. The number of carbonyl (C=O) groups is 5. The van der Waals surface area contributed by atoms with Crippen molar-refractivity contribution in [2.75, 3.05) is 16.8 Å². The molecule has 178 valence electrons. The fraction of sp³-hybridized carbons (Fsp3) is 0.125. The van der Waals surface area contributed by atoms with E-state index in [9.17, 15) is 28.4 Å². The Morgan fingerprint density at radius 3 is 2.31 bits per heavy atom. The van der Waals surface area contributed by atoms with Crippen molar-refractivity contribution >= 4 is 41.2 Å². The molecule has 2 aromatic carbocycles. The maximum absolute atomic E-state index is 13.2. The predicted octanol–water partition coefficient (Wildman–Crippen LogP) is 3.06. The Morgan fingerprint density at radius 2 is 1.69 bits per heavy atom. The normalized spacial score (nSPS) is 12.5. The number of carbonyl (C=O) groups excluding carboxylic acids is 5. The predicted molar refractivity (Wildman–Crippen MR) is 120 cm³/mol. The van der Waals surface area contributed by atoms with Gasteiger partial charge in [-0.2, -0.15) is 0 Å². The molecule has 2 heterocycles. The zero-order valence-corrected chi connectivity index (χ0v) is 18.5. The van der Waals surface area contributed by atoms with Crippen molar-refractivity contribution in [1.29, 1.82) is 0 Å². The van der Waals surface area contributed by atoms with Gasteiger partial charge >= 0.3 is 5.97 Å². The van der Waals surface area contributed by atoms with Crippen LogP contribution in [0.2, 0.25) is 0 Å². The highest BCUT2D eigenvalue weighted by Crippen LogP contribution is 2.31. The summed E-state index contributed by atoms with van der Waals surface area (Å²) in [4.78, 5) is 63.6.